The van der Waals surface area contributed by atoms with Gasteiger partial charge < -0.3 is 5.11 Å². The lowest BCUT2D eigenvalue weighted by molar-refractivity contribution is -0.187. The summed E-state index contributed by atoms with van der Waals surface area (Å²) in [7, 11) is 0. The quantitative estimate of drug-likeness (QED) is 0.677. The van der Waals surface area contributed by atoms with Crippen LogP contribution in [0.1, 0.15) is 27.6 Å². The first-order valence-corrected chi connectivity index (χ1v) is 6.23. The van der Waals surface area contributed by atoms with Gasteiger partial charge in [-0.1, -0.05) is 36.4 Å². The number of carboxylic acids is 1. The summed E-state index contributed by atoms with van der Waals surface area (Å²) in [6, 6.07) is 16.6. The molecular weight excluding hydrogens is 288 g/mol. The molecule has 0 atom stereocenters. The second-order valence-electron chi connectivity index (χ2n) is 3.99. The van der Waals surface area contributed by atoms with Crippen molar-refractivity contribution >= 4 is 17.9 Å². The van der Waals surface area contributed by atoms with E-state index in [2.05, 4.69) is 9.78 Å². The topological polar surface area (TPSA) is 89.9 Å². The van der Waals surface area contributed by atoms with E-state index >= 15 is 0 Å². The smallest absolute Gasteiger partial charge is 0.386 e. The zero-order valence-electron chi connectivity index (χ0n) is 11.8. The molecule has 0 aliphatic carbocycles. The molecule has 0 saturated heterocycles. The fourth-order valence-electron chi connectivity index (χ4n) is 1.32. The number of rotatable bonds is 2. The van der Waals surface area contributed by atoms with Gasteiger partial charge in [0, 0.05) is 6.92 Å². The molecule has 0 aliphatic rings. The van der Waals surface area contributed by atoms with Crippen LogP contribution in [0.2, 0.25) is 0 Å². The molecule has 0 radical (unpaired) electrons. The summed E-state index contributed by atoms with van der Waals surface area (Å²) in [6.45, 7) is 1.08. The number of hydrogen-bond acceptors (Lipinski definition) is 5. The van der Waals surface area contributed by atoms with E-state index in [9.17, 15) is 9.59 Å². The van der Waals surface area contributed by atoms with Crippen LogP contribution in [-0.2, 0) is 14.6 Å². The van der Waals surface area contributed by atoms with Crippen LogP contribution in [-0.4, -0.2) is 23.0 Å². The minimum atomic E-state index is -0.833. The third kappa shape index (κ3) is 6.33. The van der Waals surface area contributed by atoms with Crippen LogP contribution in [0.25, 0.3) is 0 Å². The normalized spacial score (nSPS) is 8.95. The van der Waals surface area contributed by atoms with Crippen molar-refractivity contribution in [3.05, 3.63) is 71.8 Å². The molecule has 0 fully saturated rings. The van der Waals surface area contributed by atoms with Crippen molar-refractivity contribution in [1.29, 1.82) is 0 Å². The van der Waals surface area contributed by atoms with Crippen molar-refractivity contribution in [3.8, 4) is 0 Å². The zero-order valence-corrected chi connectivity index (χ0v) is 11.8. The third-order valence-electron chi connectivity index (χ3n) is 2.21. The molecule has 0 heterocycles. The lowest BCUT2D eigenvalue weighted by Gasteiger charge is -2.02. The van der Waals surface area contributed by atoms with Gasteiger partial charge >= 0.3 is 11.9 Å². The second kappa shape index (κ2) is 8.91. The number of carbonyl (C=O) groups is 3. The number of carboxylic acid groups (broad SMARTS) is 1. The van der Waals surface area contributed by atoms with Crippen LogP contribution in [0.4, 0.5) is 0 Å². The van der Waals surface area contributed by atoms with Crippen molar-refractivity contribution in [2.45, 2.75) is 6.92 Å². The molecule has 0 aliphatic heterocycles. The Morgan fingerprint density at radius 2 is 1.00 bits per heavy atom. The monoisotopic (exact) mass is 302 g/mol. The van der Waals surface area contributed by atoms with Gasteiger partial charge in [0.15, 0.2) is 0 Å². The molecule has 0 saturated carbocycles. The standard InChI is InChI=1S/C14H10O4.C2H4O2/c15-13(11-7-3-1-4-8-11)17-18-14(16)12-9-5-2-6-10-12;1-2(3)4/h1-10H;1H3,(H,3,4). The summed E-state index contributed by atoms with van der Waals surface area (Å²) in [5, 5.41) is 7.42. The van der Waals surface area contributed by atoms with Gasteiger partial charge in [-0.15, -0.1) is 0 Å². The summed E-state index contributed by atoms with van der Waals surface area (Å²) >= 11 is 0. The first-order chi connectivity index (χ1) is 10.5. The molecule has 0 aromatic heterocycles. The predicted octanol–water partition coefficient (Wildman–Crippen LogP) is 2.71. The van der Waals surface area contributed by atoms with E-state index in [4.69, 9.17) is 9.90 Å². The highest BCUT2D eigenvalue weighted by Gasteiger charge is 2.12. The van der Waals surface area contributed by atoms with Gasteiger partial charge in [0.1, 0.15) is 0 Å². The molecule has 0 bridgehead atoms. The Bertz CT molecular complexity index is 566. The van der Waals surface area contributed by atoms with Gasteiger partial charge in [0.25, 0.3) is 5.97 Å². The lowest BCUT2D eigenvalue weighted by atomic mass is 10.2. The fraction of sp³-hybridized carbons (Fsp3) is 0.0625. The molecule has 2 aromatic rings. The van der Waals surface area contributed by atoms with Crippen LogP contribution in [0, 0.1) is 0 Å². The minimum Gasteiger partial charge on any atom is -0.481 e. The van der Waals surface area contributed by atoms with Gasteiger partial charge in [-0.2, -0.15) is 0 Å². The SMILES string of the molecule is CC(=O)O.O=C(OOC(=O)c1ccccc1)c1ccccc1. The Kier molecular flexibility index (Phi) is 6.85. The Morgan fingerprint density at radius 3 is 1.27 bits per heavy atom. The highest BCUT2D eigenvalue weighted by Crippen LogP contribution is 2.05. The van der Waals surface area contributed by atoms with E-state index in [0.29, 0.717) is 11.1 Å². The van der Waals surface area contributed by atoms with Gasteiger partial charge in [0.2, 0.25) is 0 Å². The van der Waals surface area contributed by atoms with E-state index in [-0.39, 0.29) is 0 Å². The molecule has 0 unspecified atom stereocenters. The fourth-order valence-corrected chi connectivity index (χ4v) is 1.32. The number of hydrogen-bond donors (Lipinski definition) is 1. The average molecular weight is 302 g/mol. The summed E-state index contributed by atoms with van der Waals surface area (Å²) in [5.41, 5.74) is 0.636. The number of aliphatic carboxylic acids is 1. The van der Waals surface area contributed by atoms with Crippen LogP contribution >= 0.6 is 0 Å². The van der Waals surface area contributed by atoms with Crippen LogP contribution < -0.4 is 0 Å². The molecule has 114 valence electrons. The van der Waals surface area contributed by atoms with Gasteiger partial charge in [-0.3, -0.25) is 4.79 Å². The molecule has 2 aromatic carbocycles. The van der Waals surface area contributed by atoms with Crippen LogP contribution in [0.15, 0.2) is 60.7 Å². The summed E-state index contributed by atoms with van der Waals surface area (Å²) in [6.07, 6.45) is 0. The molecule has 22 heavy (non-hydrogen) atoms. The minimum absolute atomic E-state index is 0.318. The third-order valence-corrected chi connectivity index (χ3v) is 2.21. The molecule has 6 nitrogen and oxygen atoms in total. The maximum atomic E-state index is 11.5. The average Bonchev–Trinajstić information content (AvgIpc) is 2.53. The first-order valence-electron chi connectivity index (χ1n) is 6.23. The Balaban J connectivity index is 0.000000541. The Morgan fingerprint density at radius 1 is 0.727 bits per heavy atom. The molecule has 6 heteroatoms. The molecule has 0 amide bonds. The van der Waals surface area contributed by atoms with E-state index in [0.717, 1.165) is 6.92 Å². The largest absolute Gasteiger partial charge is 0.481 e. The van der Waals surface area contributed by atoms with Crippen molar-refractivity contribution < 1.29 is 29.3 Å². The highest BCUT2D eigenvalue weighted by molar-refractivity contribution is 5.92. The highest BCUT2D eigenvalue weighted by atomic mass is 17.2. The van der Waals surface area contributed by atoms with Crippen LogP contribution in [0.3, 0.4) is 0 Å². The maximum Gasteiger partial charge on any atom is 0.386 e. The summed E-state index contributed by atoms with van der Waals surface area (Å²) < 4.78 is 0. The van der Waals surface area contributed by atoms with E-state index in [1.54, 1.807) is 60.7 Å². The second-order valence-corrected chi connectivity index (χ2v) is 3.99. The van der Waals surface area contributed by atoms with Gasteiger partial charge in [-0.25, -0.2) is 19.4 Å². The maximum absolute atomic E-state index is 11.5. The summed E-state index contributed by atoms with van der Waals surface area (Å²) in [5.74, 6) is -2.25. The number of carbonyl (C=O) groups excluding carboxylic acids is 2. The zero-order chi connectivity index (χ0) is 16.4. The Hall–Kier alpha value is -3.15. The van der Waals surface area contributed by atoms with Crippen LogP contribution in [0.5, 0.6) is 0 Å². The van der Waals surface area contributed by atoms with E-state index in [1.165, 1.54) is 0 Å². The first kappa shape index (κ1) is 16.9. The Labute approximate surface area is 126 Å². The van der Waals surface area contributed by atoms with Crippen molar-refractivity contribution in [2.75, 3.05) is 0 Å². The van der Waals surface area contributed by atoms with E-state index in [1.807, 2.05) is 0 Å². The molecule has 2 rings (SSSR count). The summed E-state index contributed by atoms with van der Waals surface area (Å²) in [4.78, 5) is 40.9. The molecule has 1 N–H and O–H groups in total. The predicted molar refractivity (Wildman–Crippen MR) is 77.0 cm³/mol. The lowest BCUT2D eigenvalue weighted by Crippen LogP contribution is -2.11. The van der Waals surface area contributed by atoms with Gasteiger partial charge in [0.05, 0.1) is 11.1 Å². The van der Waals surface area contributed by atoms with Gasteiger partial charge in [-0.05, 0) is 24.3 Å². The van der Waals surface area contributed by atoms with Crippen molar-refractivity contribution in [3.63, 3.8) is 0 Å². The number of benzene rings is 2. The van der Waals surface area contributed by atoms with Crippen molar-refractivity contribution in [1.82, 2.24) is 0 Å². The van der Waals surface area contributed by atoms with Crippen molar-refractivity contribution in [2.24, 2.45) is 0 Å². The van der Waals surface area contributed by atoms with E-state index < -0.39 is 17.9 Å². The molecular formula is C16H14O6. The molecule has 0 spiro atoms.